The molecule has 0 bridgehead atoms. The minimum absolute atomic E-state index is 0.163. The zero-order valence-corrected chi connectivity index (χ0v) is 17.3. The molecule has 162 valence electrons. The first kappa shape index (κ1) is 21.8. The van der Waals surface area contributed by atoms with E-state index in [4.69, 9.17) is 9.47 Å². The number of benzene rings is 2. The van der Waals surface area contributed by atoms with E-state index in [2.05, 4.69) is 10.6 Å². The van der Waals surface area contributed by atoms with Crippen molar-refractivity contribution in [2.75, 3.05) is 31.2 Å². The van der Waals surface area contributed by atoms with E-state index in [1.165, 1.54) is 18.2 Å². The summed E-state index contributed by atoms with van der Waals surface area (Å²) in [4.78, 5) is 50.3. The van der Waals surface area contributed by atoms with Gasteiger partial charge in [0, 0.05) is 18.7 Å². The van der Waals surface area contributed by atoms with Gasteiger partial charge in [-0.25, -0.2) is 9.69 Å². The van der Waals surface area contributed by atoms with Gasteiger partial charge < -0.3 is 20.1 Å². The van der Waals surface area contributed by atoms with E-state index in [1.54, 1.807) is 31.2 Å². The number of anilines is 1. The number of nitrogens with zero attached hydrogens (tertiary/aromatic N) is 1. The highest BCUT2D eigenvalue weighted by Crippen LogP contribution is 2.30. The van der Waals surface area contributed by atoms with Gasteiger partial charge in [0.25, 0.3) is 17.7 Å². The lowest BCUT2D eigenvalue weighted by molar-refractivity contribution is 0.0923. The summed E-state index contributed by atoms with van der Waals surface area (Å²) >= 11 is 0. The Labute approximate surface area is 179 Å². The second-order valence-electron chi connectivity index (χ2n) is 6.54. The second-order valence-corrected chi connectivity index (χ2v) is 6.54. The molecule has 0 aromatic heterocycles. The Morgan fingerprint density at radius 3 is 2.23 bits per heavy atom. The standard InChI is InChI=1S/C22H23N3O6/c1-3-30-16-8-6-15(7-9-16)25-20(27)17-10-5-14(13-18(17)21(25)28)19(26)23-11-12-24-22(29)31-4-2/h5-10,13H,3-4,11-12H2,1-2H3,(H,23,26)(H,24,29). The third-order valence-electron chi connectivity index (χ3n) is 4.51. The Kier molecular flexibility index (Phi) is 6.86. The molecule has 2 aromatic carbocycles. The maximum absolute atomic E-state index is 12.9. The first-order valence-corrected chi connectivity index (χ1v) is 9.90. The number of hydrogen-bond acceptors (Lipinski definition) is 6. The van der Waals surface area contributed by atoms with Crippen LogP contribution in [0.15, 0.2) is 42.5 Å². The molecule has 0 unspecified atom stereocenters. The van der Waals surface area contributed by atoms with Crippen molar-refractivity contribution in [3.05, 3.63) is 59.2 Å². The highest BCUT2D eigenvalue weighted by Gasteiger charge is 2.37. The summed E-state index contributed by atoms with van der Waals surface area (Å²) in [5, 5.41) is 5.13. The summed E-state index contributed by atoms with van der Waals surface area (Å²) in [5.41, 5.74) is 1.06. The summed E-state index contributed by atoms with van der Waals surface area (Å²) < 4.78 is 10.1. The van der Waals surface area contributed by atoms with Crippen LogP contribution < -0.4 is 20.3 Å². The lowest BCUT2D eigenvalue weighted by Gasteiger charge is -2.14. The normalized spacial score (nSPS) is 12.4. The van der Waals surface area contributed by atoms with E-state index in [0.29, 0.717) is 18.0 Å². The summed E-state index contributed by atoms with van der Waals surface area (Å²) in [5.74, 6) is -0.731. The number of carbonyl (C=O) groups is 4. The van der Waals surface area contributed by atoms with Gasteiger partial charge in [0.15, 0.2) is 0 Å². The van der Waals surface area contributed by atoms with E-state index < -0.39 is 23.8 Å². The Balaban J connectivity index is 1.68. The minimum atomic E-state index is -0.562. The summed E-state index contributed by atoms with van der Waals surface area (Å²) in [6.45, 7) is 4.70. The molecular formula is C22H23N3O6. The van der Waals surface area contributed by atoms with Crippen molar-refractivity contribution in [1.29, 1.82) is 0 Å². The molecule has 2 aromatic rings. The Bertz CT molecular complexity index is 1000. The van der Waals surface area contributed by atoms with Crippen molar-refractivity contribution in [1.82, 2.24) is 10.6 Å². The van der Waals surface area contributed by atoms with Crippen LogP contribution in [0.1, 0.15) is 44.9 Å². The number of hydrogen-bond donors (Lipinski definition) is 2. The molecule has 3 rings (SSSR count). The Morgan fingerprint density at radius 2 is 1.55 bits per heavy atom. The molecule has 9 heteroatoms. The van der Waals surface area contributed by atoms with Crippen LogP contribution in [-0.2, 0) is 4.74 Å². The van der Waals surface area contributed by atoms with Crippen molar-refractivity contribution < 1.29 is 28.7 Å². The van der Waals surface area contributed by atoms with Gasteiger partial charge in [-0.3, -0.25) is 14.4 Å². The van der Waals surface area contributed by atoms with Gasteiger partial charge in [-0.2, -0.15) is 0 Å². The fourth-order valence-corrected chi connectivity index (χ4v) is 3.10. The van der Waals surface area contributed by atoms with Crippen molar-refractivity contribution in [2.24, 2.45) is 0 Å². The van der Waals surface area contributed by atoms with Crippen molar-refractivity contribution in [2.45, 2.75) is 13.8 Å². The van der Waals surface area contributed by atoms with Gasteiger partial charge in [-0.05, 0) is 56.3 Å². The monoisotopic (exact) mass is 425 g/mol. The van der Waals surface area contributed by atoms with Crippen LogP contribution in [0.4, 0.5) is 10.5 Å². The van der Waals surface area contributed by atoms with E-state index in [-0.39, 0.29) is 36.4 Å². The number of rotatable bonds is 8. The summed E-state index contributed by atoms with van der Waals surface area (Å²) in [6.07, 6.45) is -0.562. The first-order chi connectivity index (χ1) is 15.0. The van der Waals surface area contributed by atoms with Crippen molar-refractivity contribution in [3.8, 4) is 5.75 Å². The molecule has 4 amide bonds. The maximum Gasteiger partial charge on any atom is 0.407 e. The van der Waals surface area contributed by atoms with Crippen LogP contribution in [0.3, 0.4) is 0 Å². The van der Waals surface area contributed by atoms with Gasteiger partial charge in [-0.1, -0.05) is 0 Å². The van der Waals surface area contributed by atoms with Gasteiger partial charge in [0.05, 0.1) is 30.0 Å². The zero-order chi connectivity index (χ0) is 22.4. The van der Waals surface area contributed by atoms with Crippen LogP contribution >= 0.6 is 0 Å². The van der Waals surface area contributed by atoms with Gasteiger partial charge in [0.1, 0.15) is 5.75 Å². The van der Waals surface area contributed by atoms with Crippen LogP contribution in [0.2, 0.25) is 0 Å². The van der Waals surface area contributed by atoms with Crippen LogP contribution in [0.5, 0.6) is 5.75 Å². The van der Waals surface area contributed by atoms with Crippen molar-refractivity contribution >= 4 is 29.5 Å². The van der Waals surface area contributed by atoms with Gasteiger partial charge >= 0.3 is 6.09 Å². The first-order valence-electron chi connectivity index (χ1n) is 9.90. The Morgan fingerprint density at radius 1 is 0.871 bits per heavy atom. The summed E-state index contributed by atoms with van der Waals surface area (Å²) in [7, 11) is 0. The average Bonchev–Trinajstić information content (AvgIpc) is 3.02. The molecule has 9 nitrogen and oxygen atoms in total. The molecule has 0 saturated heterocycles. The molecular weight excluding hydrogens is 402 g/mol. The summed E-state index contributed by atoms with van der Waals surface area (Å²) in [6, 6.07) is 11.0. The van der Waals surface area contributed by atoms with Crippen molar-refractivity contribution in [3.63, 3.8) is 0 Å². The van der Waals surface area contributed by atoms with Crippen LogP contribution in [0.25, 0.3) is 0 Å². The molecule has 0 saturated carbocycles. The molecule has 2 N–H and O–H groups in total. The SMILES string of the molecule is CCOC(=O)NCCNC(=O)c1ccc2c(c1)C(=O)N(c1ccc(OCC)cc1)C2=O. The largest absolute Gasteiger partial charge is 0.494 e. The van der Waals surface area contributed by atoms with Crippen LogP contribution in [0, 0.1) is 0 Å². The highest BCUT2D eigenvalue weighted by molar-refractivity contribution is 6.34. The smallest absolute Gasteiger partial charge is 0.407 e. The third kappa shape index (κ3) is 4.82. The quantitative estimate of drug-likeness (QED) is 0.496. The fourth-order valence-electron chi connectivity index (χ4n) is 3.10. The van der Waals surface area contributed by atoms with E-state index in [9.17, 15) is 19.2 Å². The number of carbonyl (C=O) groups excluding carboxylic acids is 4. The third-order valence-corrected chi connectivity index (χ3v) is 4.51. The molecule has 1 aliphatic rings. The highest BCUT2D eigenvalue weighted by atomic mass is 16.5. The number of nitrogens with one attached hydrogen (secondary N) is 2. The molecule has 0 radical (unpaired) electrons. The Hall–Kier alpha value is -3.88. The average molecular weight is 425 g/mol. The zero-order valence-electron chi connectivity index (χ0n) is 17.3. The molecule has 1 aliphatic heterocycles. The lowest BCUT2D eigenvalue weighted by Crippen LogP contribution is -2.35. The number of amides is 4. The van der Waals surface area contributed by atoms with Gasteiger partial charge in [-0.15, -0.1) is 0 Å². The molecule has 0 atom stereocenters. The number of ether oxygens (including phenoxy) is 2. The number of imide groups is 1. The molecule has 0 spiro atoms. The number of alkyl carbamates (subject to hydrolysis) is 1. The molecule has 0 fully saturated rings. The maximum atomic E-state index is 12.9. The lowest BCUT2D eigenvalue weighted by atomic mass is 10.1. The van der Waals surface area contributed by atoms with E-state index in [0.717, 1.165) is 4.90 Å². The minimum Gasteiger partial charge on any atom is -0.494 e. The predicted molar refractivity (Wildman–Crippen MR) is 113 cm³/mol. The van der Waals surface area contributed by atoms with E-state index >= 15 is 0 Å². The predicted octanol–water partition coefficient (Wildman–Crippen LogP) is 2.36. The van der Waals surface area contributed by atoms with Gasteiger partial charge in [0.2, 0.25) is 0 Å². The second kappa shape index (κ2) is 9.75. The molecule has 1 heterocycles. The topological polar surface area (TPSA) is 114 Å². The van der Waals surface area contributed by atoms with E-state index in [1.807, 2.05) is 6.92 Å². The van der Waals surface area contributed by atoms with Crippen LogP contribution in [-0.4, -0.2) is 50.1 Å². The fraction of sp³-hybridized carbons (Fsp3) is 0.273. The molecule has 0 aliphatic carbocycles. The molecule has 31 heavy (non-hydrogen) atoms. The number of fused-ring (bicyclic) bond motifs is 1.